The molecule has 0 saturated carbocycles. The first-order valence-electron chi connectivity index (χ1n) is 9.57. The van der Waals surface area contributed by atoms with E-state index in [9.17, 15) is 9.59 Å². The highest BCUT2D eigenvalue weighted by molar-refractivity contribution is 7.13. The average Bonchev–Trinajstić information content (AvgIpc) is 3.07. The number of nitrogens with one attached hydrogen (secondary N) is 2. The Kier molecular flexibility index (Phi) is 8.44. The van der Waals surface area contributed by atoms with E-state index in [0.29, 0.717) is 29.9 Å². The molecule has 0 bridgehead atoms. The largest absolute Gasteiger partial charge is 0.493 e. The summed E-state index contributed by atoms with van der Waals surface area (Å²) in [6.07, 6.45) is 0.957. The van der Waals surface area contributed by atoms with Crippen molar-refractivity contribution in [2.75, 3.05) is 18.5 Å². The van der Waals surface area contributed by atoms with Gasteiger partial charge in [-0.15, -0.1) is 11.3 Å². The highest BCUT2D eigenvalue weighted by Gasteiger charge is 2.11. The fourth-order valence-corrected chi connectivity index (χ4v) is 3.00. The summed E-state index contributed by atoms with van der Waals surface area (Å²) in [6.45, 7) is 9.14. The molecule has 152 valence electrons. The summed E-state index contributed by atoms with van der Waals surface area (Å²) in [5, 5.41) is 7.98. The van der Waals surface area contributed by atoms with Crippen LogP contribution in [0.1, 0.15) is 39.0 Å². The number of aromatic nitrogens is 1. The van der Waals surface area contributed by atoms with Crippen molar-refractivity contribution in [2.24, 2.45) is 11.8 Å². The van der Waals surface area contributed by atoms with E-state index in [-0.39, 0.29) is 24.2 Å². The van der Waals surface area contributed by atoms with E-state index in [1.807, 2.05) is 38.1 Å². The molecule has 0 fully saturated rings. The number of amides is 2. The lowest BCUT2D eigenvalue weighted by atomic mass is 10.1. The van der Waals surface area contributed by atoms with Gasteiger partial charge in [-0.25, -0.2) is 4.98 Å². The van der Waals surface area contributed by atoms with E-state index >= 15 is 0 Å². The SMILES string of the molecule is CC(C)COc1ccc(CCNC(=O)Cc2csc(NC(=O)C(C)C)n2)cc1. The van der Waals surface area contributed by atoms with E-state index in [1.165, 1.54) is 11.3 Å². The van der Waals surface area contributed by atoms with Crippen molar-refractivity contribution in [2.45, 2.75) is 40.5 Å². The number of anilines is 1. The lowest BCUT2D eigenvalue weighted by Crippen LogP contribution is -2.27. The average molecular weight is 404 g/mol. The van der Waals surface area contributed by atoms with E-state index in [1.54, 1.807) is 5.38 Å². The van der Waals surface area contributed by atoms with Crippen LogP contribution in [0.2, 0.25) is 0 Å². The first-order valence-corrected chi connectivity index (χ1v) is 10.4. The van der Waals surface area contributed by atoms with Crippen molar-refractivity contribution >= 4 is 28.3 Å². The van der Waals surface area contributed by atoms with Crippen molar-refractivity contribution in [1.29, 1.82) is 0 Å². The fourth-order valence-electron chi connectivity index (χ4n) is 2.28. The van der Waals surface area contributed by atoms with Gasteiger partial charge in [-0.1, -0.05) is 39.8 Å². The second-order valence-corrected chi connectivity index (χ2v) is 8.27. The number of carbonyl (C=O) groups excluding carboxylic acids is 2. The molecular formula is C21H29N3O3S. The molecule has 2 aromatic rings. The Labute approximate surface area is 170 Å². The maximum atomic E-state index is 12.1. The predicted octanol–water partition coefficient (Wildman–Crippen LogP) is 3.67. The third-order valence-electron chi connectivity index (χ3n) is 3.89. The van der Waals surface area contributed by atoms with Gasteiger partial charge >= 0.3 is 0 Å². The Morgan fingerprint density at radius 3 is 2.50 bits per heavy atom. The van der Waals surface area contributed by atoms with Crippen LogP contribution in [0.4, 0.5) is 5.13 Å². The van der Waals surface area contributed by atoms with Crippen molar-refractivity contribution in [3.05, 3.63) is 40.9 Å². The molecule has 1 aromatic carbocycles. The summed E-state index contributed by atoms with van der Waals surface area (Å²) in [6, 6.07) is 7.96. The zero-order valence-corrected chi connectivity index (χ0v) is 17.8. The summed E-state index contributed by atoms with van der Waals surface area (Å²) in [5.74, 6) is 1.10. The smallest absolute Gasteiger partial charge is 0.228 e. The Morgan fingerprint density at radius 1 is 1.14 bits per heavy atom. The van der Waals surface area contributed by atoms with Crippen LogP contribution in [-0.2, 0) is 22.4 Å². The van der Waals surface area contributed by atoms with E-state index < -0.39 is 0 Å². The van der Waals surface area contributed by atoms with Crippen LogP contribution >= 0.6 is 11.3 Å². The molecule has 2 N–H and O–H groups in total. The number of benzene rings is 1. The molecular weight excluding hydrogens is 374 g/mol. The lowest BCUT2D eigenvalue weighted by molar-refractivity contribution is -0.120. The summed E-state index contributed by atoms with van der Waals surface area (Å²) in [7, 11) is 0. The summed E-state index contributed by atoms with van der Waals surface area (Å²) in [5.41, 5.74) is 1.80. The van der Waals surface area contributed by atoms with Crippen LogP contribution in [0.25, 0.3) is 0 Å². The van der Waals surface area contributed by atoms with Gasteiger partial charge in [-0.2, -0.15) is 0 Å². The van der Waals surface area contributed by atoms with E-state index in [0.717, 1.165) is 17.7 Å². The number of ether oxygens (including phenoxy) is 1. The molecule has 0 spiro atoms. The van der Waals surface area contributed by atoms with Gasteiger partial charge in [-0.05, 0) is 30.0 Å². The normalized spacial score (nSPS) is 10.9. The molecule has 1 heterocycles. The first-order chi connectivity index (χ1) is 13.3. The minimum absolute atomic E-state index is 0.0778. The Morgan fingerprint density at radius 2 is 1.86 bits per heavy atom. The van der Waals surface area contributed by atoms with Crippen LogP contribution in [0.5, 0.6) is 5.75 Å². The molecule has 0 atom stereocenters. The van der Waals surface area contributed by atoms with Crippen LogP contribution in [0.3, 0.4) is 0 Å². The summed E-state index contributed by atoms with van der Waals surface area (Å²) in [4.78, 5) is 28.1. The molecule has 0 aliphatic carbocycles. The zero-order valence-electron chi connectivity index (χ0n) is 17.0. The monoisotopic (exact) mass is 403 g/mol. The van der Waals surface area contributed by atoms with Crippen molar-refractivity contribution < 1.29 is 14.3 Å². The highest BCUT2D eigenvalue weighted by Crippen LogP contribution is 2.17. The van der Waals surface area contributed by atoms with Gasteiger partial charge in [0.2, 0.25) is 11.8 Å². The van der Waals surface area contributed by atoms with Crippen LogP contribution in [0.15, 0.2) is 29.6 Å². The number of hydrogen-bond donors (Lipinski definition) is 2. The molecule has 0 saturated heterocycles. The molecule has 0 radical (unpaired) electrons. The summed E-state index contributed by atoms with van der Waals surface area (Å²) >= 11 is 1.33. The third-order valence-corrected chi connectivity index (χ3v) is 4.70. The van der Waals surface area contributed by atoms with Crippen LogP contribution in [-0.4, -0.2) is 29.9 Å². The van der Waals surface area contributed by atoms with E-state index in [2.05, 4.69) is 29.5 Å². The summed E-state index contributed by atoms with van der Waals surface area (Å²) < 4.78 is 5.67. The van der Waals surface area contributed by atoms with Crippen molar-refractivity contribution in [3.63, 3.8) is 0 Å². The Hall–Kier alpha value is -2.41. The van der Waals surface area contributed by atoms with Crippen molar-refractivity contribution in [3.8, 4) is 5.75 Å². The number of thiazole rings is 1. The number of nitrogens with zero attached hydrogens (tertiary/aromatic N) is 1. The number of rotatable bonds is 10. The number of carbonyl (C=O) groups is 2. The zero-order chi connectivity index (χ0) is 20.5. The van der Waals surface area contributed by atoms with Crippen LogP contribution in [0, 0.1) is 11.8 Å². The first kappa shape index (κ1) is 21.9. The standard InChI is InChI=1S/C21H29N3O3S/c1-14(2)12-27-18-7-5-16(6-8-18)9-10-22-19(25)11-17-13-28-21(23-17)24-20(26)15(3)4/h5-8,13-15H,9-12H2,1-4H3,(H,22,25)(H,23,24,26). The molecule has 1 aromatic heterocycles. The Balaban J connectivity index is 1.71. The van der Waals surface area contributed by atoms with Gasteiger partial charge in [0.05, 0.1) is 18.7 Å². The molecule has 0 aliphatic rings. The molecule has 28 heavy (non-hydrogen) atoms. The highest BCUT2D eigenvalue weighted by atomic mass is 32.1. The third kappa shape index (κ3) is 7.68. The van der Waals surface area contributed by atoms with Crippen molar-refractivity contribution in [1.82, 2.24) is 10.3 Å². The molecule has 2 rings (SSSR count). The molecule has 6 nitrogen and oxygen atoms in total. The lowest BCUT2D eigenvalue weighted by Gasteiger charge is -2.09. The molecule has 2 amide bonds. The second kappa shape index (κ2) is 10.8. The predicted molar refractivity (Wildman–Crippen MR) is 113 cm³/mol. The van der Waals surface area contributed by atoms with Gasteiger partial charge in [0, 0.05) is 17.8 Å². The molecule has 7 heteroatoms. The van der Waals surface area contributed by atoms with Gasteiger partial charge in [-0.3, -0.25) is 9.59 Å². The second-order valence-electron chi connectivity index (χ2n) is 7.41. The fraction of sp³-hybridized carbons (Fsp3) is 0.476. The van der Waals surface area contributed by atoms with Gasteiger partial charge in [0.1, 0.15) is 5.75 Å². The van der Waals surface area contributed by atoms with Crippen LogP contribution < -0.4 is 15.4 Å². The minimum Gasteiger partial charge on any atom is -0.493 e. The molecule has 0 unspecified atom stereocenters. The maximum Gasteiger partial charge on any atom is 0.228 e. The van der Waals surface area contributed by atoms with Gasteiger partial charge in [0.25, 0.3) is 0 Å². The minimum atomic E-state index is -0.105. The quantitative estimate of drug-likeness (QED) is 0.634. The maximum absolute atomic E-state index is 12.1. The van der Waals surface area contributed by atoms with Gasteiger partial charge in [0.15, 0.2) is 5.13 Å². The Bertz CT molecular complexity index is 769. The number of hydrogen-bond acceptors (Lipinski definition) is 5. The van der Waals surface area contributed by atoms with E-state index in [4.69, 9.17) is 4.74 Å². The topological polar surface area (TPSA) is 80.3 Å². The molecule has 0 aliphatic heterocycles. The van der Waals surface area contributed by atoms with Gasteiger partial charge < -0.3 is 15.4 Å².